The lowest BCUT2D eigenvalue weighted by Crippen LogP contribution is -2.40. The summed E-state index contributed by atoms with van der Waals surface area (Å²) in [7, 11) is 0. The Bertz CT molecular complexity index is 971. The number of carbonyl (C=O) groups is 2. The van der Waals surface area contributed by atoms with Gasteiger partial charge >= 0.3 is 12.0 Å². The lowest BCUT2D eigenvalue weighted by Gasteiger charge is -2.38. The first-order chi connectivity index (χ1) is 16.9. The molecule has 0 unspecified atom stereocenters. The van der Waals surface area contributed by atoms with Crippen molar-refractivity contribution in [2.75, 3.05) is 35.3 Å². The molecular formula is C27H37N3O5. The van der Waals surface area contributed by atoms with E-state index in [-0.39, 0.29) is 6.03 Å². The molecule has 2 amide bonds. The minimum atomic E-state index is -1.06. The number of nitrogens with one attached hydrogen (secondary N) is 2. The fourth-order valence-electron chi connectivity index (χ4n) is 4.42. The van der Waals surface area contributed by atoms with Gasteiger partial charge in [-0.05, 0) is 62.1 Å². The van der Waals surface area contributed by atoms with Crippen LogP contribution in [0.4, 0.5) is 21.9 Å². The van der Waals surface area contributed by atoms with Crippen molar-refractivity contribution < 1.29 is 24.2 Å². The van der Waals surface area contributed by atoms with Gasteiger partial charge in [0.15, 0.2) is 6.61 Å². The zero-order valence-electron chi connectivity index (χ0n) is 20.9. The lowest BCUT2D eigenvalue weighted by molar-refractivity contribution is -0.139. The Kier molecular flexibility index (Phi) is 9.64. The standard InChI is InChI=1S/C27H37N3O5/c1-4-34-22-12-10-20(11-13-22)28-27(33)29-24-16-23(35-18-26(31)32)14-15-25(24)30(17-19(2)3)21-8-6-5-7-9-21/h10-16,19,21H,4-9,17-18H2,1-3H3,(H,31,32)(H2,28,29,33). The van der Waals surface area contributed by atoms with Crippen LogP contribution in [-0.4, -0.2) is 42.9 Å². The first-order valence-electron chi connectivity index (χ1n) is 12.4. The van der Waals surface area contributed by atoms with Crippen molar-refractivity contribution in [1.29, 1.82) is 0 Å². The highest BCUT2D eigenvalue weighted by molar-refractivity contribution is 6.02. The van der Waals surface area contributed by atoms with E-state index in [9.17, 15) is 9.59 Å². The van der Waals surface area contributed by atoms with Crippen molar-refractivity contribution in [3.8, 4) is 11.5 Å². The van der Waals surface area contributed by atoms with Crippen molar-refractivity contribution in [1.82, 2.24) is 0 Å². The molecule has 1 aliphatic carbocycles. The number of ether oxygens (including phenoxy) is 2. The highest BCUT2D eigenvalue weighted by Crippen LogP contribution is 2.36. The van der Waals surface area contributed by atoms with Crippen LogP contribution in [0.25, 0.3) is 0 Å². The maximum atomic E-state index is 12.9. The molecule has 2 aromatic carbocycles. The summed E-state index contributed by atoms with van der Waals surface area (Å²) in [6.07, 6.45) is 5.87. The molecule has 0 spiro atoms. The number of hydrogen-bond donors (Lipinski definition) is 3. The molecule has 1 fully saturated rings. The van der Waals surface area contributed by atoms with Crippen molar-refractivity contribution in [3.63, 3.8) is 0 Å². The number of anilines is 3. The largest absolute Gasteiger partial charge is 0.494 e. The maximum absolute atomic E-state index is 12.9. The predicted molar refractivity (Wildman–Crippen MR) is 139 cm³/mol. The van der Waals surface area contributed by atoms with Gasteiger partial charge in [-0.2, -0.15) is 0 Å². The average molecular weight is 484 g/mol. The van der Waals surface area contributed by atoms with E-state index in [1.54, 1.807) is 36.4 Å². The van der Waals surface area contributed by atoms with E-state index < -0.39 is 12.6 Å². The number of benzene rings is 2. The van der Waals surface area contributed by atoms with E-state index in [4.69, 9.17) is 14.6 Å². The molecular weight excluding hydrogens is 446 g/mol. The molecule has 2 aromatic rings. The van der Waals surface area contributed by atoms with Gasteiger partial charge in [-0.3, -0.25) is 0 Å². The van der Waals surface area contributed by atoms with Gasteiger partial charge in [-0.25, -0.2) is 9.59 Å². The van der Waals surface area contributed by atoms with Crippen LogP contribution < -0.4 is 25.0 Å². The van der Waals surface area contributed by atoms with Gasteiger partial charge in [0.05, 0.1) is 18.0 Å². The molecule has 0 aliphatic heterocycles. The Morgan fingerprint density at radius 3 is 2.31 bits per heavy atom. The average Bonchev–Trinajstić information content (AvgIpc) is 2.83. The van der Waals surface area contributed by atoms with Gasteiger partial charge in [-0.15, -0.1) is 0 Å². The topological polar surface area (TPSA) is 100 Å². The number of urea groups is 1. The Morgan fingerprint density at radius 2 is 1.69 bits per heavy atom. The monoisotopic (exact) mass is 483 g/mol. The van der Waals surface area contributed by atoms with E-state index >= 15 is 0 Å². The molecule has 0 saturated heterocycles. The molecule has 0 aromatic heterocycles. The number of aliphatic carboxylic acids is 1. The van der Waals surface area contributed by atoms with Crippen LogP contribution in [0.3, 0.4) is 0 Å². The van der Waals surface area contributed by atoms with Crippen molar-refractivity contribution in [2.45, 2.75) is 58.9 Å². The summed E-state index contributed by atoms with van der Waals surface area (Å²) >= 11 is 0. The second-order valence-corrected chi connectivity index (χ2v) is 9.24. The molecule has 1 aliphatic rings. The molecule has 8 heteroatoms. The van der Waals surface area contributed by atoms with Gasteiger partial charge in [0.1, 0.15) is 11.5 Å². The second kappa shape index (κ2) is 12.9. The Hall–Kier alpha value is -3.42. The smallest absolute Gasteiger partial charge is 0.341 e. The number of amides is 2. The first kappa shape index (κ1) is 26.2. The first-order valence-corrected chi connectivity index (χ1v) is 12.4. The van der Waals surface area contributed by atoms with Crippen molar-refractivity contribution >= 4 is 29.1 Å². The van der Waals surface area contributed by atoms with E-state index in [1.165, 1.54) is 19.3 Å². The number of rotatable bonds is 11. The molecule has 3 rings (SSSR count). The Balaban J connectivity index is 1.85. The van der Waals surface area contributed by atoms with E-state index in [2.05, 4.69) is 29.4 Å². The minimum absolute atomic E-state index is 0.389. The molecule has 190 valence electrons. The molecule has 0 radical (unpaired) electrons. The molecule has 0 atom stereocenters. The van der Waals surface area contributed by atoms with Gasteiger partial charge in [0, 0.05) is 24.3 Å². The molecule has 3 N–H and O–H groups in total. The SMILES string of the molecule is CCOc1ccc(NC(=O)Nc2cc(OCC(=O)O)ccc2N(CC(C)C)C2CCCCC2)cc1. The number of carboxylic acids is 1. The third-order valence-corrected chi connectivity index (χ3v) is 5.89. The van der Waals surface area contributed by atoms with Crippen molar-refractivity contribution in [2.24, 2.45) is 5.92 Å². The summed E-state index contributed by atoms with van der Waals surface area (Å²) < 4.78 is 10.9. The number of carbonyl (C=O) groups excluding carboxylic acids is 1. The Morgan fingerprint density at radius 1 is 1.00 bits per heavy atom. The predicted octanol–water partition coefficient (Wildman–Crippen LogP) is 5.99. The van der Waals surface area contributed by atoms with E-state index in [0.717, 1.165) is 30.8 Å². The second-order valence-electron chi connectivity index (χ2n) is 9.24. The van der Waals surface area contributed by atoms with Crippen molar-refractivity contribution in [3.05, 3.63) is 42.5 Å². The zero-order chi connectivity index (χ0) is 25.2. The van der Waals surface area contributed by atoms with Crippen LogP contribution in [0.15, 0.2) is 42.5 Å². The van der Waals surface area contributed by atoms with Crippen LogP contribution in [0, 0.1) is 5.92 Å². The van der Waals surface area contributed by atoms with Crippen LogP contribution in [-0.2, 0) is 4.79 Å². The molecule has 8 nitrogen and oxygen atoms in total. The zero-order valence-corrected chi connectivity index (χ0v) is 20.9. The molecule has 1 saturated carbocycles. The number of hydrogen-bond acceptors (Lipinski definition) is 5. The summed E-state index contributed by atoms with van der Waals surface area (Å²) in [6.45, 7) is 7.27. The summed E-state index contributed by atoms with van der Waals surface area (Å²) in [5, 5.41) is 14.8. The summed E-state index contributed by atoms with van der Waals surface area (Å²) in [5.74, 6) is 0.507. The highest BCUT2D eigenvalue weighted by atomic mass is 16.5. The van der Waals surface area contributed by atoms with E-state index in [1.807, 2.05) is 13.0 Å². The number of carboxylic acid groups (broad SMARTS) is 1. The summed E-state index contributed by atoms with van der Waals surface area (Å²) in [4.78, 5) is 26.3. The lowest BCUT2D eigenvalue weighted by atomic mass is 9.93. The van der Waals surface area contributed by atoms with Crippen LogP contribution in [0.5, 0.6) is 11.5 Å². The van der Waals surface area contributed by atoms with E-state index in [0.29, 0.717) is 35.7 Å². The normalized spacial score (nSPS) is 13.8. The summed E-state index contributed by atoms with van der Waals surface area (Å²) in [6, 6.07) is 12.6. The fourth-order valence-corrected chi connectivity index (χ4v) is 4.42. The maximum Gasteiger partial charge on any atom is 0.341 e. The third-order valence-electron chi connectivity index (χ3n) is 5.89. The quantitative estimate of drug-likeness (QED) is 0.363. The van der Waals surface area contributed by atoms with Crippen LogP contribution in [0.2, 0.25) is 0 Å². The molecule has 0 heterocycles. The third kappa shape index (κ3) is 8.09. The van der Waals surface area contributed by atoms with Crippen LogP contribution in [0.1, 0.15) is 52.9 Å². The molecule has 35 heavy (non-hydrogen) atoms. The molecule has 0 bridgehead atoms. The van der Waals surface area contributed by atoms with Gasteiger partial charge < -0.3 is 30.1 Å². The van der Waals surface area contributed by atoms with Gasteiger partial charge in [-0.1, -0.05) is 33.1 Å². The van der Waals surface area contributed by atoms with Gasteiger partial charge in [0.25, 0.3) is 0 Å². The van der Waals surface area contributed by atoms with Crippen LogP contribution >= 0.6 is 0 Å². The number of nitrogens with zero attached hydrogens (tertiary/aromatic N) is 1. The minimum Gasteiger partial charge on any atom is -0.494 e. The summed E-state index contributed by atoms with van der Waals surface area (Å²) in [5.41, 5.74) is 2.13. The fraction of sp³-hybridized carbons (Fsp3) is 0.481. The highest BCUT2D eigenvalue weighted by Gasteiger charge is 2.25. The van der Waals surface area contributed by atoms with Gasteiger partial charge in [0.2, 0.25) is 0 Å². The Labute approximate surface area is 207 Å².